The van der Waals surface area contributed by atoms with Crippen LogP contribution in [0.5, 0.6) is 0 Å². The van der Waals surface area contributed by atoms with Crippen molar-refractivity contribution in [2.24, 2.45) is 0 Å². The number of hydrogen-bond acceptors (Lipinski definition) is 3. The maximum atomic E-state index is 12.0. The van der Waals surface area contributed by atoms with E-state index in [1.807, 2.05) is 6.07 Å². The number of thiophene rings is 1. The fraction of sp³-hybridized carbons (Fsp3) is 0.143. The molecule has 1 aromatic heterocycles. The van der Waals surface area contributed by atoms with Gasteiger partial charge in [0.05, 0.1) is 8.66 Å². The van der Waals surface area contributed by atoms with Crippen LogP contribution < -0.4 is 10.6 Å². The van der Waals surface area contributed by atoms with Gasteiger partial charge < -0.3 is 10.6 Å². The van der Waals surface area contributed by atoms with Gasteiger partial charge in [0.2, 0.25) is 5.91 Å². The highest BCUT2D eigenvalue weighted by Crippen LogP contribution is 2.23. The standard InChI is InChI=1S/C14H13BrN2O2S/c1-2-13(18)16-9-4-3-5-10(8-9)17-14(19)11-6-7-12(15)20-11/h3-8H,2H2,1H3,(H,16,18)(H,17,19). The highest BCUT2D eigenvalue weighted by Gasteiger charge is 2.09. The van der Waals surface area contributed by atoms with Gasteiger partial charge in [0.25, 0.3) is 5.91 Å². The summed E-state index contributed by atoms with van der Waals surface area (Å²) >= 11 is 4.69. The molecule has 4 nitrogen and oxygen atoms in total. The molecule has 6 heteroatoms. The Bertz CT molecular complexity index is 640. The molecule has 104 valence electrons. The van der Waals surface area contributed by atoms with E-state index in [9.17, 15) is 9.59 Å². The van der Waals surface area contributed by atoms with Gasteiger partial charge >= 0.3 is 0 Å². The van der Waals surface area contributed by atoms with Crippen molar-refractivity contribution in [3.8, 4) is 0 Å². The van der Waals surface area contributed by atoms with Crippen LogP contribution in [0, 0.1) is 0 Å². The van der Waals surface area contributed by atoms with Gasteiger partial charge in [-0.15, -0.1) is 11.3 Å². The zero-order valence-electron chi connectivity index (χ0n) is 10.8. The lowest BCUT2D eigenvalue weighted by molar-refractivity contribution is -0.115. The zero-order chi connectivity index (χ0) is 14.5. The Labute approximate surface area is 129 Å². The number of amides is 2. The van der Waals surface area contributed by atoms with E-state index in [0.717, 1.165) is 3.79 Å². The van der Waals surface area contributed by atoms with Crippen molar-refractivity contribution in [1.29, 1.82) is 0 Å². The fourth-order valence-corrected chi connectivity index (χ4v) is 2.83. The van der Waals surface area contributed by atoms with Crippen molar-refractivity contribution in [2.45, 2.75) is 13.3 Å². The molecule has 0 unspecified atom stereocenters. The molecule has 2 N–H and O–H groups in total. The summed E-state index contributed by atoms with van der Waals surface area (Å²) in [5, 5.41) is 5.56. The third kappa shape index (κ3) is 3.91. The molecule has 2 rings (SSSR count). The average Bonchev–Trinajstić information content (AvgIpc) is 2.86. The first-order chi connectivity index (χ1) is 9.58. The lowest BCUT2D eigenvalue weighted by Crippen LogP contribution is -2.12. The molecule has 2 amide bonds. The van der Waals surface area contributed by atoms with Crippen LogP contribution in [0.1, 0.15) is 23.0 Å². The van der Waals surface area contributed by atoms with Crippen molar-refractivity contribution in [3.05, 3.63) is 45.1 Å². The molecular weight excluding hydrogens is 340 g/mol. The maximum Gasteiger partial charge on any atom is 0.265 e. The summed E-state index contributed by atoms with van der Waals surface area (Å²) in [5.41, 5.74) is 1.32. The van der Waals surface area contributed by atoms with Crippen molar-refractivity contribution < 1.29 is 9.59 Å². The van der Waals surface area contributed by atoms with Crippen LogP contribution in [0.4, 0.5) is 11.4 Å². The normalized spacial score (nSPS) is 10.1. The Morgan fingerprint density at radius 1 is 1.15 bits per heavy atom. The van der Waals surface area contributed by atoms with Crippen molar-refractivity contribution in [3.63, 3.8) is 0 Å². The quantitative estimate of drug-likeness (QED) is 0.869. The summed E-state index contributed by atoms with van der Waals surface area (Å²) in [7, 11) is 0. The van der Waals surface area contributed by atoms with Crippen LogP contribution in [0.15, 0.2) is 40.2 Å². The molecule has 1 aromatic carbocycles. The molecule has 0 aliphatic rings. The Morgan fingerprint density at radius 3 is 2.45 bits per heavy atom. The molecule has 0 spiro atoms. The summed E-state index contributed by atoms with van der Waals surface area (Å²) < 4.78 is 0.909. The number of anilines is 2. The van der Waals surface area contributed by atoms with Crippen molar-refractivity contribution in [1.82, 2.24) is 0 Å². The van der Waals surface area contributed by atoms with E-state index in [2.05, 4.69) is 26.6 Å². The molecule has 0 radical (unpaired) electrons. The largest absolute Gasteiger partial charge is 0.326 e. The first kappa shape index (κ1) is 14.7. The van der Waals surface area contributed by atoms with Crippen molar-refractivity contribution >= 4 is 50.5 Å². The molecule has 20 heavy (non-hydrogen) atoms. The van der Waals surface area contributed by atoms with Gasteiger partial charge in [0.15, 0.2) is 0 Å². The molecule has 0 aliphatic heterocycles. The van der Waals surface area contributed by atoms with Gasteiger partial charge in [-0.05, 0) is 46.3 Å². The smallest absolute Gasteiger partial charge is 0.265 e. The topological polar surface area (TPSA) is 58.2 Å². The average molecular weight is 353 g/mol. The van der Waals surface area contributed by atoms with E-state index in [-0.39, 0.29) is 11.8 Å². The van der Waals surface area contributed by atoms with E-state index in [4.69, 9.17) is 0 Å². The third-order valence-corrected chi connectivity index (χ3v) is 4.14. The minimum Gasteiger partial charge on any atom is -0.326 e. The lowest BCUT2D eigenvalue weighted by atomic mass is 10.2. The third-order valence-electron chi connectivity index (χ3n) is 2.52. The Morgan fingerprint density at radius 2 is 1.85 bits per heavy atom. The van der Waals surface area contributed by atoms with Gasteiger partial charge in [-0.2, -0.15) is 0 Å². The van der Waals surface area contributed by atoms with Gasteiger partial charge in [0.1, 0.15) is 0 Å². The first-order valence-electron chi connectivity index (χ1n) is 6.05. The number of carbonyl (C=O) groups is 2. The van der Waals surface area contributed by atoms with Crippen LogP contribution in [0.2, 0.25) is 0 Å². The lowest BCUT2D eigenvalue weighted by Gasteiger charge is -2.07. The highest BCUT2D eigenvalue weighted by atomic mass is 79.9. The van der Waals surface area contributed by atoms with E-state index >= 15 is 0 Å². The van der Waals surface area contributed by atoms with Crippen molar-refractivity contribution in [2.75, 3.05) is 10.6 Å². The first-order valence-corrected chi connectivity index (χ1v) is 7.66. The molecule has 2 aromatic rings. The van der Waals surface area contributed by atoms with E-state index < -0.39 is 0 Å². The van der Waals surface area contributed by atoms with Crippen LogP contribution in [0.25, 0.3) is 0 Å². The van der Waals surface area contributed by atoms with Gasteiger partial charge in [0, 0.05) is 17.8 Å². The molecule has 0 bridgehead atoms. The summed E-state index contributed by atoms with van der Waals surface area (Å²) in [5.74, 6) is -0.227. The summed E-state index contributed by atoms with van der Waals surface area (Å²) in [6.45, 7) is 1.79. The number of nitrogens with one attached hydrogen (secondary N) is 2. The minimum atomic E-state index is -0.167. The zero-order valence-corrected chi connectivity index (χ0v) is 13.2. The Balaban J connectivity index is 2.08. The predicted molar refractivity (Wildman–Crippen MR) is 85.3 cm³/mol. The molecule has 0 fully saturated rings. The van der Waals surface area contributed by atoms with Gasteiger partial charge in [-0.1, -0.05) is 13.0 Å². The molecule has 0 saturated heterocycles. The Kier molecular flexibility index (Phi) is 4.92. The predicted octanol–water partition coefficient (Wildman–Crippen LogP) is 4.11. The van der Waals surface area contributed by atoms with Gasteiger partial charge in [-0.25, -0.2) is 0 Å². The second-order valence-electron chi connectivity index (χ2n) is 4.04. The number of rotatable bonds is 4. The second kappa shape index (κ2) is 6.67. The molecule has 0 saturated carbocycles. The van der Waals surface area contributed by atoms with Gasteiger partial charge in [-0.3, -0.25) is 9.59 Å². The van der Waals surface area contributed by atoms with Crippen LogP contribution in [-0.2, 0) is 4.79 Å². The molecule has 0 aliphatic carbocycles. The van der Waals surface area contributed by atoms with E-state index in [1.54, 1.807) is 37.3 Å². The number of benzene rings is 1. The van der Waals surface area contributed by atoms with Crippen LogP contribution in [-0.4, -0.2) is 11.8 Å². The molecule has 1 heterocycles. The highest BCUT2D eigenvalue weighted by molar-refractivity contribution is 9.11. The number of halogens is 1. The molecular formula is C14H13BrN2O2S. The second-order valence-corrected chi connectivity index (χ2v) is 6.50. The molecule has 0 atom stereocenters. The van der Waals surface area contributed by atoms with Crippen LogP contribution in [0.3, 0.4) is 0 Å². The SMILES string of the molecule is CCC(=O)Nc1cccc(NC(=O)c2ccc(Br)s2)c1. The summed E-state index contributed by atoms with van der Waals surface area (Å²) in [6, 6.07) is 10.7. The van der Waals surface area contributed by atoms with Crippen LogP contribution >= 0.6 is 27.3 Å². The monoisotopic (exact) mass is 352 g/mol. The Hall–Kier alpha value is -1.66. The van der Waals surface area contributed by atoms with E-state index in [0.29, 0.717) is 22.7 Å². The summed E-state index contributed by atoms with van der Waals surface area (Å²) in [4.78, 5) is 24.0. The maximum absolute atomic E-state index is 12.0. The van der Waals surface area contributed by atoms with E-state index in [1.165, 1.54) is 11.3 Å². The number of carbonyl (C=O) groups excluding carboxylic acids is 2. The fourth-order valence-electron chi connectivity index (χ4n) is 1.55. The number of hydrogen-bond donors (Lipinski definition) is 2. The summed E-state index contributed by atoms with van der Waals surface area (Å²) in [6.07, 6.45) is 0.416. The minimum absolute atomic E-state index is 0.0596.